The van der Waals surface area contributed by atoms with E-state index in [0.717, 1.165) is 17.7 Å². The molecule has 0 amide bonds. The van der Waals surface area contributed by atoms with Crippen molar-refractivity contribution in [1.29, 1.82) is 0 Å². The van der Waals surface area contributed by atoms with Gasteiger partial charge in [-0.15, -0.1) is 0 Å². The Labute approximate surface area is 188 Å². The summed E-state index contributed by atoms with van der Waals surface area (Å²) in [6, 6.07) is 18.2. The lowest BCUT2D eigenvalue weighted by atomic mass is 10.1. The number of halogens is 4. The standard InChI is InChI=1S/C24H19ClF3NO3/c1-16(29-32-14-17-2-8-20(9-3-17)24(26,27)28)18-6-12-22(13-7-18)31-15-23(30)19-4-10-21(25)11-5-19/h2-13H,14-15H2,1H3/b29-16+. The number of alkyl halides is 3. The second-order valence-electron chi connectivity index (χ2n) is 6.89. The first-order valence-electron chi connectivity index (χ1n) is 9.57. The first-order chi connectivity index (χ1) is 15.2. The van der Waals surface area contributed by atoms with Crippen molar-refractivity contribution in [1.82, 2.24) is 0 Å². The van der Waals surface area contributed by atoms with Crippen molar-refractivity contribution in [3.05, 3.63) is 100 Å². The van der Waals surface area contributed by atoms with Crippen LogP contribution in [0, 0.1) is 0 Å². The van der Waals surface area contributed by atoms with Crippen LogP contribution in [0.5, 0.6) is 5.75 Å². The summed E-state index contributed by atoms with van der Waals surface area (Å²) < 4.78 is 43.3. The zero-order valence-electron chi connectivity index (χ0n) is 17.0. The van der Waals surface area contributed by atoms with Gasteiger partial charge in [0.1, 0.15) is 12.4 Å². The minimum Gasteiger partial charge on any atom is -0.485 e. The molecule has 32 heavy (non-hydrogen) atoms. The lowest BCUT2D eigenvalue weighted by Gasteiger charge is -2.08. The van der Waals surface area contributed by atoms with E-state index in [1.807, 2.05) is 0 Å². The Balaban J connectivity index is 1.50. The van der Waals surface area contributed by atoms with E-state index in [1.54, 1.807) is 55.5 Å². The Morgan fingerprint density at radius 2 is 1.50 bits per heavy atom. The molecule has 0 N–H and O–H groups in total. The van der Waals surface area contributed by atoms with E-state index in [1.165, 1.54) is 12.1 Å². The second kappa shape index (κ2) is 10.3. The van der Waals surface area contributed by atoms with Gasteiger partial charge in [0.2, 0.25) is 0 Å². The largest absolute Gasteiger partial charge is 0.485 e. The van der Waals surface area contributed by atoms with Gasteiger partial charge >= 0.3 is 6.18 Å². The predicted octanol–water partition coefficient (Wildman–Crippen LogP) is 6.56. The maximum absolute atomic E-state index is 12.6. The fourth-order valence-electron chi connectivity index (χ4n) is 2.71. The van der Waals surface area contributed by atoms with Crippen LogP contribution in [0.15, 0.2) is 78.0 Å². The van der Waals surface area contributed by atoms with Crippen LogP contribution in [-0.2, 0) is 17.6 Å². The van der Waals surface area contributed by atoms with Crippen molar-refractivity contribution in [3.63, 3.8) is 0 Å². The Kier molecular flexibility index (Phi) is 7.53. The van der Waals surface area contributed by atoms with Crippen molar-refractivity contribution in [2.45, 2.75) is 19.7 Å². The number of ketones is 1. The van der Waals surface area contributed by atoms with Gasteiger partial charge in [0, 0.05) is 10.6 Å². The number of carbonyl (C=O) groups is 1. The molecule has 166 valence electrons. The molecule has 0 aliphatic heterocycles. The van der Waals surface area contributed by atoms with Crippen LogP contribution in [0.1, 0.15) is 34.0 Å². The number of ether oxygens (including phenoxy) is 1. The highest BCUT2D eigenvalue weighted by molar-refractivity contribution is 6.30. The van der Waals surface area contributed by atoms with Crippen LogP contribution in [0.3, 0.4) is 0 Å². The topological polar surface area (TPSA) is 47.9 Å². The van der Waals surface area contributed by atoms with Crippen LogP contribution >= 0.6 is 11.6 Å². The van der Waals surface area contributed by atoms with Crippen LogP contribution in [0.2, 0.25) is 5.02 Å². The van der Waals surface area contributed by atoms with Crippen LogP contribution in [0.4, 0.5) is 13.2 Å². The normalized spacial score (nSPS) is 11.8. The van der Waals surface area contributed by atoms with E-state index in [2.05, 4.69) is 5.16 Å². The van der Waals surface area contributed by atoms with Crippen LogP contribution in [0.25, 0.3) is 0 Å². The molecular weight excluding hydrogens is 443 g/mol. The summed E-state index contributed by atoms with van der Waals surface area (Å²) in [5.74, 6) is 0.356. The second-order valence-corrected chi connectivity index (χ2v) is 7.32. The molecule has 0 bridgehead atoms. The summed E-state index contributed by atoms with van der Waals surface area (Å²) >= 11 is 5.81. The third-order valence-electron chi connectivity index (χ3n) is 4.52. The molecule has 3 rings (SSSR count). The third kappa shape index (κ3) is 6.59. The summed E-state index contributed by atoms with van der Waals surface area (Å²) in [6.07, 6.45) is -4.37. The van der Waals surface area contributed by atoms with Crippen LogP contribution < -0.4 is 4.74 Å². The molecule has 0 aromatic heterocycles. The molecule has 0 atom stereocenters. The molecule has 0 fully saturated rings. The molecular formula is C24H19ClF3NO3. The molecule has 0 heterocycles. The van der Waals surface area contributed by atoms with Gasteiger partial charge < -0.3 is 9.57 Å². The fraction of sp³-hybridized carbons (Fsp3) is 0.167. The van der Waals surface area contributed by atoms with Crippen LogP contribution in [-0.4, -0.2) is 18.1 Å². The van der Waals surface area contributed by atoms with Crippen molar-refractivity contribution >= 4 is 23.1 Å². The zero-order chi connectivity index (χ0) is 23.1. The molecule has 0 spiro atoms. The third-order valence-corrected chi connectivity index (χ3v) is 4.77. The molecule has 4 nitrogen and oxygen atoms in total. The number of oxime groups is 1. The Bertz CT molecular complexity index is 1080. The number of carbonyl (C=O) groups excluding carboxylic acids is 1. The number of hydrogen-bond donors (Lipinski definition) is 0. The van der Waals surface area contributed by atoms with Gasteiger partial charge in [0.05, 0.1) is 11.3 Å². The molecule has 0 aliphatic rings. The highest BCUT2D eigenvalue weighted by atomic mass is 35.5. The van der Waals surface area contributed by atoms with Crippen molar-refractivity contribution in [3.8, 4) is 5.75 Å². The van der Waals surface area contributed by atoms with Gasteiger partial charge in [-0.25, -0.2) is 0 Å². The molecule has 3 aromatic carbocycles. The quantitative estimate of drug-likeness (QED) is 0.217. The number of Topliss-reactive ketones (excluding diaryl/α,β-unsaturated/α-hetero) is 1. The lowest BCUT2D eigenvalue weighted by molar-refractivity contribution is -0.137. The lowest BCUT2D eigenvalue weighted by Crippen LogP contribution is -2.11. The Hall–Kier alpha value is -3.32. The van der Waals surface area contributed by atoms with Gasteiger partial charge in [-0.2, -0.15) is 13.2 Å². The molecule has 0 unspecified atom stereocenters. The average molecular weight is 462 g/mol. The SMILES string of the molecule is C/C(=N\OCc1ccc(C(F)(F)F)cc1)c1ccc(OCC(=O)c2ccc(Cl)cc2)cc1. The highest BCUT2D eigenvalue weighted by Crippen LogP contribution is 2.29. The first kappa shape index (κ1) is 23.3. The summed E-state index contributed by atoms with van der Waals surface area (Å²) in [5.41, 5.74) is 1.73. The summed E-state index contributed by atoms with van der Waals surface area (Å²) in [5, 5.41) is 4.55. The minimum atomic E-state index is -4.37. The van der Waals surface area contributed by atoms with E-state index >= 15 is 0 Å². The van der Waals surface area contributed by atoms with Gasteiger partial charge in [0.25, 0.3) is 0 Å². The number of hydrogen-bond acceptors (Lipinski definition) is 4. The molecule has 3 aromatic rings. The molecule has 0 saturated heterocycles. The zero-order valence-corrected chi connectivity index (χ0v) is 17.8. The number of benzene rings is 3. The summed E-state index contributed by atoms with van der Waals surface area (Å²) in [6.45, 7) is 1.68. The van der Waals surface area contributed by atoms with E-state index < -0.39 is 11.7 Å². The van der Waals surface area contributed by atoms with Gasteiger partial charge in [-0.3, -0.25) is 4.79 Å². The smallest absolute Gasteiger partial charge is 0.416 e. The molecule has 8 heteroatoms. The maximum Gasteiger partial charge on any atom is 0.416 e. The predicted molar refractivity (Wildman–Crippen MR) is 116 cm³/mol. The molecule has 0 aliphatic carbocycles. The van der Waals surface area contributed by atoms with E-state index in [0.29, 0.717) is 27.6 Å². The summed E-state index contributed by atoms with van der Waals surface area (Å²) in [7, 11) is 0. The molecule has 0 saturated carbocycles. The fourth-order valence-corrected chi connectivity index (χ4v) is 2.83. The van der Waals surface area contributed by atoms with Crippen molar-refractivity contribution in [2.75, 3.05) is 6.61 Å². The average Bonchev–Trinajstić information content (AvgIpc) is 2.78. The Morgan fingerprint density at radius 3 is 2.09 bits per heavy atom. The van der Waals surface area contributed by atoms with Gasteiger partial charge in [-0.05, 0) is 78.7 Å². The monoisotopic (exact) mass is 461 g/mol. The van der Waals surface area contributed by atoms with Gasteiger partial charge in [0.15, 0.2) is 12.4 Å². The first-order valence-corrected chi connectivity index (χ1v) is 9.95. The number of nitrogens with zero attached hydrogens (tertiary/aromatic N) is 1. The van der Waals surface area contributed by atoms with Gasteiger partial charge in [-0.1, -0.05) is 28.9 Å². The van der Waals surface area contributed by atoms with E-state index in [-0.39, 0.29) is 19.0 Å². The number of rotatable bonds is 8. The maximum atomic E-state index is 12.6. The van der Waals surface area contributed by atoms with E-state index in [4.69, 9.17) is 21.2 Å². The molecule has 0 radical (unpaired) electrons. The Morgan fingerprint density at radius 1 is 0.906 bits per heavy atom. The minimum absolute atomic E-state index is 0.0451. The van der Waals surface area contributed by atoms with Crippen molar-refractivity contribution in [2.24, 2.45) is 5.16 Å². The summed E-state index contributed by atoms with van der Waals surface area (Å²) in [4.78, 5) is 17.4. The highest BCUT2D eigenvalue weighted by Gasteiger charge is 2.29. The van der Waals surface area contributed by atoms with E-state index in [9.17, 15) is 18.0 Å². The van der Waals surface area contributed by atoms with Crippen molar-refractivity contribution < 1.29 is 27.5 Å².